The highest BCUT2D eigenvalue weighted by molar-refractivity contribution is 8.31. The van der Waals surface area contributed by atoms with Gasteiger partial charge in [0.15, 0.2) is 0 Å². The number of aliphatic hydroxyl groups excluding tert-OH is 2. The van der Waals surface area contributed by atoms with Crippen molar-refractivity contribution in [2.24, 2.45) is 0 Å². The Balaban J connectivity index is -0.000000309. The average Bonchev–Trinajstić information content (AvgIpc) is 3.29. The third kappa shape index (κ3) is 35.7. The maximum absolute atomic E-state index is 10.2. The van der Waals surface area contributed by atoms with E-state index < -0.39 is 24.8 Å². The van der Waals surface area contributed by atoms with E-state index in [1.807, 2.05) is 0 Å². The topological polar surface area (TPSA) is 140 Å². The van der Waals surface area contributed by atoms with Crippen molar-refractivity contribution in [1.82, 2.24) is 4.90 Å². The molecule has 2 fully saturated rings. The summed E-state index contributed by atoms with van der Waals surface area (Å²) in [5.41, 5.74) is 0. The zero-order valence-corrected chi connectivity index (χ0v) is 21.4. The van der Waals surface area contributed by atoms with Crippen LogP contribution in [0.15, 0.2) is 0 Å². The van der Waals surface area contributed by atoms with Gasteiger partial charge in [-0.3, -0.25) is 0 Å². The summed E-state index contributed by atoms with van der Waals surface area (Å²) < 4.78 is 52.2. The molecule has 2 aliphatic heterocycles. The van der Waals surface area contributed by atoms with Gasteiger partial charge in [-0.2, -0.15) is 16.8 Å². The van der Waals surface area contributed by atoms with E-state index in [4.69, 9.17) is 23.4 Å². The van der Waals surface area contributed by atoms with Crippen LogP contribution in [-0.2, 0) is 31.8 Å². The first-order chi connectivity index (χ1) is 13.7. The van der Waals surface area contributed by atoms with Crippen molar-refractivity contribution in [2.75, 3.05) is 46.1 Å². The number of aliphatic hydroxyl groups is 2. The maximum Gasteiger partial charge on any atom is 0.400 e. The lowest BCUT2D eigenvalue weighted by atomic mass is 10.4. The van der Waals surface area contributed by atoms with Crippen LogP contribution in [0.2, 0.25) is 0 Å². The monoisotopic (exact) mass is 521 g/mol. The van der Waals surface area contributed by atoms with Crippen molar-refractivity contribution in [3.05, 3.63) is 0 Å². The van der Waals surface area contributed by atoms with Gasteiger partial charge < -0.3 is 19.8 Å². The molecular weight excluding hydrogens is 485 g/mol. The molecular formula is C16H37Cl2NO9S2. The Kier molecular flexibility index (Phi) is 24.5. The van der Waals surface area contributed by atoms with Gasteiger partial charge in [-0.25, -0.2) is 8.37 Å². The molecule has 2 aliphatic rings. The first-order valence-electron chi connectivity index (χ1n) is 9.53. The molecule has 0 aromatic rings. The highest BCUT2D eigenvalue weighted by Gasteiger charge is 2.25. The van der Waals surface area contributed by atoms with Crippen molar-refractivity contribution in [3.63, 3.8) is 0 Å². The molecule has 14 heteroatoms. The predicted molar refractivity (Wildman–Crippen MR) is 118 cm³/mol. The molecule has 0 radical (unpaired) electrons. The molecule has 186 valence electrons. The van der Waals surface area contributed by atoms with Crippen LogP contribution in [0, 0.1) is 0 Å². The van der Waals surface area contributed by atoms with Crippen LogP contribution in [0.1, 0.15) is 47.5 Å². The molecule has 2 heterocycles. The van der Waals surface area contributed by atoms with E-state index in [-0.39, 0.29) is 19.3 Å². The second-order valence-corrected chi connectivity index (χ2v) is 10.9. The summed E-state index contributed by atoms with van der Waals surface area (Å²) in [6.07, 6.45) is 1.68. The van der Waals surface area contributed by atoms with E-state index in [0.717, 1.165) is 13.2 Å². The van der Waals surface area contributed by atoms with Gasteiger partial charge in [0.2, 0.25) is 0 Å². The summed E-state index contributed by atoms with van der Waals surface area (Å²) in [4.78, 5) is 2.38. The van der Waals surface area contributed by atoms with Crippen molar-refractivity contribution >= 4 is 40.0 Å². The zero-order valence-electron chi connectivity index (χ0n) is 18.3. The van der Waals surface area contributed by atoms with E-state index in [9.17, 15) is 8.42 Å². The first-order valence-corrected chi connectivity index (χ1v) is 14.0. The Morgan fingerprint density at radius 1 is 1.10 bits per heavy atom. The Morgan fingerprint density at radius 2 is 1.47 bits per heavy atom. The van der Waals surface area contributed by atoms with Crippen LogP contribution in [0.3, 0.4) is 0 Å². The predicted octanol–water partition coefficient (Wildman–Crippen LogP) is 1.88. The van der Waals surface area contributed by atoms with Gasteiger partial charge in [0.25, 0.3) is 0 Å². The van der Waals surface area contributed by atoms with Crippen LogP contribution in [0.4, 0.5) is 0 Å². The van der Waals surface area contributed by atoms with E-state index in [2.05, 4.69) is 55.4 Å². The molecule has 0 aromatic heterocycles. The second-order valence-electron chi connectivity index (χ2n) is 5.95. The summed E-state index contributed by atoms with van der Waals surface area (Å²) in [5, 5.41) is 16.0. The van der Waals surface area contributed by atoms with Gasteiger partial charge >= 0.3 is 18.7 Å². The van der Waals surface area contributed by atoms with E-state index in [1.165, 1.54) is 39.4 Å². The smallest absolute Gasteiger partial charge is 0.394 e. The highest BCUT2D eigenvalue weighted by Crippen LogP contribution is 2.10. The van der Waals surface area contributed by atoms with Gasteiger partial charge in [-0.1, -0.05) is 20.8 Å². The Bertz CT molecular complexity index is 546. The lowest BCUT2D eigenvalue weighted by molar-refractivity contribution is 0.110. The lowest BCUT2D eigenvalue weighted by Gasteiger charge is -2.13. The highest BCUT2D eigenvalue weighted by atomic mass is 36.0. The number of nitrogens with zero attached hydrogens (tertiary/aromatic N) is 1. The van der Waals surface area contributed by atoms with Crippen molar-refractivity contribution in [2.45, 2.75) is 59.7 Å². The minimum atomic E-state index is -3.72. The minimum Gasteiger partial charge on any atom is -0.394 e. The van der Waals surface area contributed by atoms with E-state index >= 15 is 0 Å². The molecule has 0 amide bonds. The average molecular weight is 523 g/mol. The second kappa shape index (κ2) is 21.1. The third-order valence-corrected chi connectivity index (χ3v) is 4.15. The van der Waals surface area contributed by atoms with Crippen LogP contribution in [-0.4, -0.2) is 90.2 Å². The Labute approximate surface area is 190 Å². The van der Waals surface area contributed by atoms with Crippen molar-refractivity contribution in [1.29, 1.82) is 0 Å². The SMILES string of the molecule is C1CCOC1.CC(O)CO.CC1COS(=O)(=O)O1.CCN(CC)CC.O=S(=O)(Cl)Cl. The molecule has 2 rings (SSSR count). The van der Waals surface area contributed by atoms with Crippen LogP contribution in [0.5, 0.6) is 0 Å². The van der Waals surface area contributed by atoms with Crippen molar-refractivity contribution in [3.8, 4) is 0 Å². The Hall–Kier alpha value is 0.240. The zero-order chi connectivity index (χ0) is 24.2. The fourth-order valence-electron chi connectivity index (χ4n) is 1.62. The normalized spacial score (nSPS) is 20.3. The van der Waals surface area contributed by atoms with E-state index in [0.29, 0.717) is 0 Å². The van der Waals surface area contributed by atoms with E-state index in [1.54, 1.807) is 6.92 Å². The van der Waals surface area contributed by atoms with Crippen LogP contribution >= 0.6 is 21.4 Å². The number of ether oxygens (including phenoxy) is 1. The summed E-state index contributed by atoms with van der Waals surface area (Å²) in [6.45, 7) is 15.3. The minimum absolute atomic E-state index is 0.139. The van der Waals surface area contributed by atoms with Gasteiger partial charge in [-0.15, -0.1) is 0 Å². The number of hydrogen-bond acceptors (Lipinski definition) is 10. The first kappa shape index (κ1) is 34.8. The molecule has 0 bridgehead atoms. The summed E-state index contributed by atoms with van der Waals surface area (Å²) in [6, 6.07) is 0. The largest absolute Gasteiger partial charge is 0.400 e. The van der Waals surface area contributed by atoms with Crippen LogP contribution < -0.4 is 0 Å². The van der Waals surface area contributed by atoms with Gasteiger partial charge in [0, 0.05) is 34.6 Å². The fourth-order valence-corrected chi connectivity index (χ4v) is 2.49. The standard InChI is InChI=1S/C6H15N.C4H8O.C3H6O4S.C3H8O2.Cl2O2S/c1-4-7(5-2)6-3;1-2-4-5-3-1;1-3-2-6-8(4,5)7-3;1-3(5)2-4;1-5(2,3)4/h4-6H2,1-3H3;1-4H2;3H,2H2,1H3;3-5H,2H2,1H3;. The lowest BCUT2D eigenvalue weighted by Crippen LogP contribution is -2.21. The molecule has 2 atom stereocenters. The molecule has 0 saturated carbocycles. The molecule has 0 aliphatic carbocycles. The summed E-state index contributed by atoms with van der Waals surface area (Å²) >= 11 is 0. The van der Waals surface area contributed by atoms with Gasteiger partial charge in [-0.05, 0) is 46.3 Å². The molecule has 2 N–H and O–H groups in total. The molecule has 30 heavy (non-hydrogen) atoms. The summed E-state index contributed by atoms with van der Waals surface area (Å²) in [5.74, 6) is 0. The molecule has 2 saturated heterocycles. The molecule has 0 spiro atoms. The number of rotatable bonds is 4. The van der Waals surface area contributed by atoms with Crippen molar-refractivity contribution < 1.29 is 40.2 Å². The molecule has 2 unspecified atom stereocenters. The molecule has 10 nitrogen and oxygen atoms in total. The molecule has 0 aromatic carbocycles. The van der Waals surface area contributed by atoms with Gasteiger partial charge in [0.1, 0.15) is 6.10 Å². The number of halogens is 2. The summed E-state index contributed by atoms with van der Waals surface area (Å²) in [7, 11) is 1.22. The Morgan fingerprint density at radius 3 is 1.53 bits per heavy atom. The maximum atomic E-state index is 10.2. The quantitative estimate of drug-likeness (QED) is 0.526. The third-order valence-electron chi connectivity index (χ3n) is 3.16. The van der Waals surface area contributed by atoms with Crippen LogP contribution in [0.25, 0.3) is 0 Å². The fraction of sp³-hybridized carbons (Fsp3) is 1.00. The van der Waals surface area contributed by atoms with Gasteiger partial charge in [0.05, 0.1) is 19.3 Å². The number of hydrogen-bond donors (Lipinski definition) is 2.